The van der Waals surface area contributed by atoms with Gasteiger partial charge in [0.15, 0.2) is 5.69 Å². The molecule has 2 heterocycles. The van der Waals surface area contributed by atoms with Gasteiger partial charge in [0.2, 0.25) is 0 Å². The third-order valence-corrected chi connectivity index (χ3v) is 4.46. The number of thiazole rings is 1. The van der Waals surface area contributed by atoms with Crippen LogP contribution in [0.15, 0.2) is 35.8 Å². The van der Waals surface area contributed by atoms with Crippen molar-refractivity contribution in [2.45, 2.75) is 25.6 Å². The van der Waals surface area contributed by atoms with E-state index in [0.717, 1.165) is 16.7 Å². The molecule has 1 N–H and O–H groups in total. The summed E-state index contributed by atoms with van der Waals surface area (Å²) >= 11 is 0.867. The van der Waals surface area contributed by atoms with Crippen molar-refractivity contribution in [3.8, 4) is 0 Å². The summed E-state index contributed by atoms with van der Waals surface area (Å²) in [7, 11) is 0. The molecule has 3 rings (SSSR count). The van der Waals surface area contributed by atoms with Crippen LogP contribution in [0.2, 0.25) is 0 Å². The fraction of sp³-hybridized carbons (Fsp3) is 0.250. The number of hydrogen-bond acceptors (Lipinski definition) is 5. The molecule has 5 nitrogen and oxygen atoms in total. The highest BCUT2D eigenvalue weighted by Gasteiger charge is 2.34. The summed E-state index contributed by atoms with van der Waals surface area (Å²) < 4.78 is 38.0. The Morgan fingerprint density at radius 1 is 1.24 bits per heavy atom. The smallest absolute Gasteiger partial charge is 0.341 e. The second-order valence-corrected chi connectivity index (χ2v) is 6.14. The highest BCUT2D eigenvalue weighted by molar-refractivity contribution is 7.09. The molecule has 1 atom stereocenters. The zero-order valence-corrected chi connectivity index (χ0v) is 13.9. The Labute approximate surface area is 145 Å². The third kappa shape index (κ3) is 3.76. The van der Waals surface area contributed by atoms with Crippen molar-refractivity contribution in [2.75, 3.05) is 0 Å². The first kappa shape index (κ1) is 17.3. The van der Waals surface area contributed by atoms with Crippen molar-refractivity contribution in [1.82, 2.24) is 20.3 Å². The maximum atomic E-state index is 12.7. The molecule has 0 fully saturated rings. The Balaban J connectivity index is 1.80. The second-order valence-electron chi connectivity index (χ2n) is 5.25. The molecule has 0 aliphatic carbocycles. The molecule has 1 amide bonds. The van der Waals surface area contributed by atoms with Crippen molar-refractivity contribution in [1.29, 1.82) is 0 Å². The Kier molecular flexibility index (Phi) is 4.67. The molecule has 1 unspecified atom stereocenters. The average molecular weight is 366 g/mol. The first-order valence-corrected chi connectivity index (χ1v) is 8.31. The standard InChI is InChI=1S/C16H13F3N4OS/c1-2-9(15-23-13(8-25-15)16(17,18)19)22-14(24)12-7-20-10-5-3-4-6-11(10)21-12/h3-9H,2H2,1H3,(H,22,24). The van der Waals surface area contributed by atoms with Crippen LogP contribution in [0.1, 0.15) is 40.6 Å². The number of amides is 1. The maximum Gasteiger partial charge on any atom is 0.434 e. The van der Waals surface area contributed by atoms with Crippen molar-refractivity contribution in [3.05, 3.63) is 52.2 Å². The molecule has 2 aromatic heterocycles. The number of carbonyl (C=O) groups is 1. The zero-order valence-electron chi connectivity index (χ0n) is 13.0. The van der Waals surface area contributed by atoms with Gasteiger partial charge in [-0.2, -0.15) is 13.2 Å². The van der Waals surface area contributed by atoms with Crippen molar-refractivity contribution < 1.29 is 18.0 Å². The lowest BCUT2D eigenvalue weighted by atomic mass is 10.2. The van der Waals surface area contributed by atoms with Gasteiger partial charge in [-0.15, -0.1) is 11.3 Å². The SMILES string of the molecule is CCC(NC(=O)c1cnc2ccccc2n1)c1nc(C(F)(F)F)cs1. The first-order valence-electron chi connectivity index (χ1n) is 7.43. The number of para-hydroxylation sites is 2. The van der Waals surface area contributed by atoms with E-state index in [1.165, 1.54) is 6.20 Å². The van der Waals surface area contributed by atoms with E-state index in [0.29, 0.717) is 17.5 Å². The van der Waals surface area contributed by atoms with E-state index in [-0.39, 0.29) is 10.7 Å². The number of halogens is 3. The number of benzene rings is 1. The molecule has 25 heavy (non-hydrogen) atoms. The third-order valence-electron chi connectivity index (χ3n) is 3.51. The van der Waals surface area contributed by atoms with Crippen molar-refractivity contribution in [2.24, 2.45) is 0 Å². The van der Waals surface area contributed by atoms with E-state index in [2.05, 4.69) is 20.3 Å². The first-order chi connectivity index (χ1) is 11.9. The van der Waals surface area contributed by atoms with Gasteiger partial charge in [-0.25, -0.2) is 9.97 Å². The largest absolute Gasteiger partial charge is 0.434 e. The summed E-state index contributed by atoms with van der Waals surface area (Å²) in [4.78, 5) is 24.4. The number of nitrogens with zero attached hydrogens (tertiary/aromatic N) is 3. The van der Waals surface area contributed by atoms with E-state index in [4.69, 9.17) is 0 Å². The molecule has 3 aromatic rings. The molecule has 0 saturated heterocycles. The summed E-state index contributed by atoms with van der Waals surface area (Å²) in [5.41, 5.74) is 0.369. The Bertz CT molecular complexity index is 910. The van der Waals surface area contributed by atoms with Crippen LogP contribution in [0.3, 0.4) is 0 Å². The van der Waals surface area contributed by atoms with E-state index in [1.807, 2.05) is 6.07 Å². The predicted octanol–water partition coefficient (Wildman–Crippen LogP) is 3.99. The fourth-order valence-corrected chi connectivity index (χ4v) is 3.17. The van der Waals surface area contributed by atoms with Gasteiger partial charge in [0.05, 0.1) is 23.3 Å². The molecular formula is C16H13F3N4OS. The molecule has 0 spiro atoms. The molecule has 0 radical (unpaired) electrons. The summed E-state index contributed by atoms with van der Waals surface area (Å²) in [6.45, 7) is 1.76. The summed E-state index contributed by atoms with van der Waals surface area (Å²) in [6, 6.07) is 6.47. The van der Waals surface area contributed by atoms with Crippen LogP contribution < -0.4 is 5.32 Å². The van der Waals surface area contributed by atoms with Crippen LogP contribution >= 0.6 is 11.3 Å². The van der Waals surface area contributed by atoms with Crippen LogP contribution in [-0.2, 0) is 6.18 Å². The lowest BCUT2D eigenvalue weighted by Crippen LogP contribution is -2.29. The van der Waals surface area contributed by atoms with E-state index < -0.39 is 23.8 Å². The minimum atomic E-state index is -4.50. The molecule has 0 saturated carbocycles. The molecule has 0 aliphatic heterocycles. The zero-order chi connectivity index (χ0) is 18.0. The van der Waals surface area contributed by atoms with Crippen LogP contribution in [0.5, 0.6) is 0 Å². The van der Waals surface area contributed by atoms with Crippen LogP contribution in [0, 0.1) is 0 Å². The summed E-state index contributed by atoms with van der Waals surface area (Å²) in [6.07, 6.45) is -2.76. The average Bonchev–Trinajstić information content (AvgIpc) is 3.09. The summed E-state index contributed by atoms with van der Waals surface area (Å²) in [5.74, 6) is -0.506. The number of nitrogens with one attached hydrogen (secondary N) is 1. The Hall–Kier alpha value is -2.55. The highest BCUT2D eigenvalue weighted by Crippen LogP contribution is 2.32. The molecule has 0 bridgehead atoms. The van der Waals surface area contributed by atoms with Gasteiger partial charge in [0.1, 0.15) is 10.7 Å². The van der Waals surface area contributed by atoms with Gasteiger partial charge in [-0.05, 0) is 18.6 Å². The van der Waals surface area contributed by atoms with Gasteiger partial charge < -0.3 is 5.32 Å². The topological polar surface area (TPSA) is 67.8 Å². The number of fused-ring (bicyclic) bond motifs is 1. The maximum absolute atomic E-state index is 12.7. The van der Waals surface area contributed by atoms with Gasteiger partial charge in [0.25, 0.3) is 5.91 Å². The van der Waals surface area contributed by atoms with E-state index in [1.54, 1.807) is 25.1 Å². The molecular weight excluding hydrogens is 353 g/mol. The van der Waals surface area contributed by atoms with Crippen molar-refractivity contribution in [3.63, 3.8) is 0 Å². The van der Waals surface area contributed by atoms with Gasteiger partial charge >= 0.3 is 6.18 Å². The van der Waals surface area contributed by atoms with Crippen LogP contribution in [0.4, 0.5) is 13.2 Å². The lowest BCUT2D eigenvalue weighted by Gasteiger charge is -2.14. The number of aromatic nitrogens is 3. The van der Waals surface area contributed by atoms with E-state index in [9.17, 15) is 18.0 Å². The number of hydrogen-bond donors (Lipinski definition) is 1. The number of alkyl halides is 3. The molecule has 9 heteroatoms. The molecule has 1 aromatic carbocycles. The van der Waals surface area contributed by atoms with E-state index >= 15 is 0 Å². The van der Waals surface area contributed by atoms with Crippen molar-refractivity contribution >= 4 is 28.3 Å². The monoisotopic (exact) mass is 366 g/mol. The Morgan fingerprint density at radius 2 is 1.96 bits per heavy atom. The quantitative estimate of drug-likeness (QED) is 0.758. The minimum absolute atomic E-state index is 0.102. The number of rotatable bonds is 4. The highest BCUT2D eigenvalue weighted by atomic mass is 32.1. The van der Waals surface area contributed by atoms with Crippen LogP contribution in [-0.4, -0.2) is 20.9 Å². The normalized spacial score (nSPS) is 13.0. The minimum Gasteiger partial charge on any atom is -0.341 e. The second kappa shape index (κ2) is 6.75. The predicted molar refractivity (Wildman–Crippen MR) is 87.2 cm³/mol. The Morgan fingerprint density at radius 3 is 2.60 bits per heavy atom. The van der Waals surface area contributed by atoms with Gasteiger partial charge in [-0.1, -0.05) is 19.1 Å². The lowest BCUT2D eigenvalue weighted by molar-refractivity contribution is -0.140. The fourth-order valence-electron chi connectivity index (χ4n) is 2.22. The van der Waals surface area contributed by atoms with Gasteiger partial charge in [-0.3, -0.25) is 9.78 Å². The summed E-state index contributed by atoms with van der Waals surface area (Å²) in [5, 5.41) is 3.82. The van der Waals surface area contributed by atoms with Crippen LogP contribution in [0.25, 0.3) is 11.0 Å². The van der Waals surface area contributed by atoms with Gasteiger partial charge in [0, 0.05) is 5.38 Å². The molecule has 130 valence electrons. The number of carbonyl (C=O) groups excluding carboxylic acids is 1. The molecule has 0 aliphatic rings.